The topological polar surface area (TPSA) is 62.2 Å². The first-order chi connectivity index (χ1) is 10.2. The number of nitrogens with one attached hydrogen (secondary N) is 1. The molecule has 2 rings (SSSR count). The molecule has 4 nitrogen and oxygen atoms in total. The van der Waals surface area contributed by atoms with E-state index in [4.69, 9.17) is 0 Å². The normalized spacial score (nSPS) is 12.3. The molecule has 1 amide bonds. The van der Waals surface area contributed by atoms with E-state index in [-0.39, 0.29) is 18.0 Å². The minimum atomic E-state index is -1.08. The van der Waals surface area contributed by atoms with Crippen molar-refractivity contribution in [2.75, 3.05) is 6.54 Å². The molecule has 0 aliphatic heterocycles. The fraction of sp³-hybridized carbons (Fsp3) is 0.125. The average Bonchev–Trinajstić information content (AvgIpc) is 2.52. The number of halogens is 1. The van der Waals surface area contributed by atoms with Gasteiger partial charge in [-0.15, -0.1) is 0 Å². The summed E-state index contributed by atoms with van der Waals surface area (Å²) < 4.78 is 13.4. The quantitative estimate of drug-likeness (QED) is 0.827. The van der Waals surface area contributed by atoms with Crippen molar-refractivity contribution in [1.29, 1.82) is 0 Å². The maximum absolute atomic E-state index is 13.4. The molecule has 0 saturated carbocycles. The Morgan fingerprint density at radius 1 is 1.29 bits per heavy atom. The van der Waals surface area contributed by atoms with Crippen LogP contribution in [0.5, 0.6) is 0 Å². The van der Waals surface area contributed by atoms with Crippen molar-refractivity contribution < 1.29 is 14.3 Å². The lowest BCUT2D eigenvalue weighted by Crippen LogP contribution is -2.27. The summed E-state index contributed by atoms with van der Waals surface area (Å²) in [5, 5.41) is 12.4. The molecule has 0 radical (unpaired) electrons. The molecule has 1 heterocycles. The van der Waals surface area contributed by atoms with Gasteiger partial charge in [-0.2, -0.15) is 0 Å². The standard InChI is InChI=1S/C16H15FN2O2/c17-14-7-2-1-6-13(14)15(20)11-19-16(21)9-8-12-5-3-4-10-18-12/h1-10,15,20H,11H2,(H,19,21)/b9-8+. The van der Waals surface area contributed by atoms with E-state index in [1.807, 2.05) is 6.07 Å². The molecule has 108 valence electrons. The van der Waals surface area contributed by atoms with Crippen LogP contribution in [0.4, 0.5) is 4.39 Å². The molecule has 2 N–H and O–H groups in total. The van der Waals surface area contributed by atoms with Crippen molar-refractivity contribution in [3.8, 4) is 0 Å². The number of carbonyl (C=O) groups is 1. The Labute approximate surface area is 122 Å². The fourth-order valence-electron chi connectivity index (χ4n) is 1.75. The highest BCUT2D eigenvalue weighted by Gasteiger charge is 2.12. The zero-order valence-corrected chi connectivity index (χ0v) is 11.2. The van der Waals surface area contributed by atoms with E-state index in [0.29, 0.717) is 5.69 Å². The maximum Gasteiger partial charge on any atom is 0.244 e. The maximum atomic E-state index is 13.4. The van der Waals surface area contributed by atoms with Crippen molar-refractivity contribution in [2.45, 2.75) is 6.10 Å². The molecular weight excluding hydrogens is 271 g/mol. The van der Waals surface area contributed by atoms with Gasteiger partial charge < -0.3 is 10.4 Å². The van der Waals surface area contributed by atoms with Crippen LogP contribution in [0.2, 0.25) is 0 Å². The van der Waals surface area contributed by atoms with Crippen LogP contribution in [0.1, 0.15) is 17.4 Å². The highest BCUT2D eigenvalue weighted by molar-refractivity contribution is 5.91. The molecule has 0 fully saturated rings. The van der Waals surface area contributed by atoms with Gasteiger partial charge in [0, 0.05) is 24.4 Å². The summed E-state index contributed by atoms with van der Waals surface area (Å²) in [4.78, 5) is 15.6. The minimum absolute atomic E-state index is 0.0632. The van der Waals surface area contributed by atoms with Crippen LogP contribution in [-0.2, 0) is 4.79 Å². The highest BCUT2D eigenvalue weighted by atomic mass is 19.1. The Morgan fingerprint density at radius 2 is 2.05 bits per heavy atom. The van der Waals surface area contributed by atoms with Crippen LogP contribution in [0.25, 0.3) is 6.08 Å². The Kier molecular flexibility index (Phi) is 5.17. The third-order valence-electron chi connectivity index (χ3n) is 2.83. The van der Waals surface area contributed by atoms with Gasteiger partial charge in [0.2, 0.25) is 5.91 Å². The first-order valence-corrected chi connectivity index (χ1v) is 6.46. The summed E-state index contributed by atoms with van der Waals surface area (Å²) in [5.41, 5.74) is 0.814. The molecule has 1 aromatic carbocycles. The first-order valence-electron chi connectivity index (χ1n) is 6.46. The molecule has 0 bridgehead atoms. The van der Waals surface area contributed by atoms with Gasteiger partial charge in [0.05, 0.1) is 11.8 Å². The molecule has 0 aliphatic carbocycles. The number of hydrogen-bond acceptors (Lipinski definition) is 3. The average molecular weight is 286 g/mol. The molecule has 1 unspecified atom stereocenters. The highest BCUT2D eigenvalue weighted by Crippen LogP contribution is 2.15. The lowest BCUT2D eigenvalue weighted by molar-refractivity contribution is -0.116. The monoisotopic (exact) mass is 286 g/mol. The van der Waals surface area contributed by atoms with E-state index >= 15 is 0 Å². The van der Waals surface area contributed by atoms with Crippen LogP contribution in [0.3, 0.4) is 0 Å². The zero-order chi connectivity index (χ0) is 15.1. The van der Waals surface area contributed by atoms with E-state index < -0.39 is 11.9 Å². The predicted molar refractivity (Wildman–Crippen MR) is 77.6 cm³/mol. The number of nitrogens with zero attached hydrogens (tertiary/aromatic N) is 1. The van der Waals surface area contributed by atoms with Gasteiger partial charge in [-0.1, -0.05) is 24.3 Å². The largest absolute Gasteiger partial charge is 0.386 e. The van der Waals surface area contributed by atoms with Crippen molar-refractivity contribution in [3.05, 3.63) is 71.8 Å². The zero-order valence-electron chi connectivity index (χ0n) is 11.2. The van der Waals surface area contributed by atoms with E-state index in [1.54, 1.807) is 36.5 Å². The van der Waals surface area contributed by atoms with Crippen LogP contribution >= 0.6 is 0 Å². The number of hydrogen-bond donors (Lipinski definition) is 2. The summed E-state index contributed by atoms with van der Waals surface area (Å²) in [7, 11) is 0. The lowest BCUT2D eigenvalue weighted by Gasteiger charge is -2.11. The van der Waals surface area contributed by atoms with Gasteiger partial charge in [0.25, 0.3) is 0 Å². The van der Waals surface area contributed by atoms with Gasteiger partial charge in [0.15, 0.2) is 0 Å². The third-order valence-corrected chi connectivity index (χ3v) is 2.83. The van der Waals surface area contributed by atoms with Crippen LogP contribution < -0.4 is 5.32 Å². The molecular formula is C16H15FN2O2. The van der Waals surface area contributed by atoms with Gasteiger partial charge in [0.1, 0.15) is 5.82 Å². The second-order valence-corrected chi connectivity index (χ2v) is 4.37. The fourth-order valence-corrected chi connectivity index (χ4v) is 1.75. The van der Waals surface area contributed by atoms with Gasteiger partial charge in [-0.05, 0) is 24.3 Å². The Hall–Kier alpha value is -2.53. The number of aliphatic hydroxyl groups is 1. The first kappa shape index (κ1) is 14.9. The Balaban J connectivity index is 1.87. The Morgan fingerprint density at radius 3 is 2.76 bits per heavy atom. The number of pyridine rings is 1. The smallest absolute Gasteiger partial charge is 0.244 e. The van der Waals surface area contributed by atoms with Crippen molar-refractivity contribution in [1.82, 2.24) is 10.3 Å². The summed E-state index contributed by atoms with van der Waals surface area (Å²) in [6.45, 7) is -0.0632. The molecule has 0 aliphatic rings. The van der Waals surface area contributed by atoms with E-state index in [0.717, 1.165) is 0 Å². The molecule has 0 spiro atoms. The number of amides is 1. The summed E-state index contributed by atoms with van der Waals surface area (Å²) in [6, 6.07) is 11.3. The summed E-state index contributed by atoms with van der Waals surface area (Å²) in [6.07, 6.45) is 3.42. The lowest BCUT2D eigenvalue weighted by atomic mass is 10.1. The number of carbonyl (C=O) groups excluding carboxylic acids is 1. The number of benzene rings is 1. The summed E-state index contributed by atoms with van der Waals surface area (Å²) >= 11 is 0. The van der Waals surface area contributed by atoms with E-state index in [1.165, 1.54) is 18.2 Å². The molecule has 1 atom stereocenters. The third kappa shape index (κ3) is 4.50. The molecule has 5 heteroatoms. The van der Waals surface area contributed by atoms with Crippen LogP contribution in [0, 0.1) is 5.82 Å². The van der Waals surface area contributed by atoms with Crippen LogP contribution in [-0.4, -0.2) is 22.5 Å². The number of aliphatic hydroxyl groups excluding tert-OH is 1. The molecule has 21 heavy (non-hydrogen) atoms. The SMILES string of the molecule is O=C(/C=C/c1ccccn1)NCC(O)c1ccccc1F. The number of rotatable bonds is 5. The number of aromatic nitrogens is 1. The minimum Gasteiger partial charge on any atom is -0.386 e. The van der Waals surface area contributed by atoms with Gasteiger partial charge in [-0.3, -0.25) is 9.78 Å². The van der Waals surface area contributed by atoms with Gasteiger partial charge in [-0.25, -0.2) is 4.39 Å². The molecule has 1 aromatic heterocycles. The van der Waals surface area contributed by atoms with Crippen LogP contribution in [0.15, 0.2) is 54.7 Å². The van der Waals surface area contributed by atoms with Gasteiger partial charge >= 0.3 is 0 Å². The molecule has 0 saturated heterocycles. The Bertz CT molecular complexity index is 629. The second kappa shape index (κ2) is 7.31. The van der Waals surface area contributed by atoms with Crippen molar-refractivity contribution in [2.24, 2.45) is 0 Å². The second-order valence-electron chi connectivity index (χ2n) is 4.37. The van der Waals surface area contributed by atoms with E-state index in [9.17, 15) is 14.3 Å². The van der Waals surface area contributed by atoms with Crippen molar-refractivity contribution >= 4 is 12.0 Å². The molecule has 2 aromatic rings. The predicted octanol–water partition coefficient (Wildman–Crippen LogP) is 2.08. The van der Waals surface area contributed by atoms with Crippen molar-refractivity contribution in [3.63, 3.8) is 0 Å². The van der Waals surface area contributed by atoms with E-state index in [2.05, 4.69) is 10.3 Å². The summed E-state index contributed by atoms with van der Waals surface area (Å²) in [5.74, 6) is -0.876.